The quantitative estimate of drug-likeness (QED) is 0.539. The van der Waals surface area contributed by atoms with Crippen molar-refractivity contribution in [3.63, 3.8) is 0 Å². The van der Waals surface area contributed by atoms with Gasteiger partial charge in [0.2, 0.25) is 0 Å². The number of aliphatic hydroxyl groups excluding tert-OH is 1. The van der Waals surface area contributed by atoms with E-state index in [0.717, 1.165) is 12.1 Å². The molecular weight excluding hydrogens is 479 g/mol. The van der Waals surface area contributed by atoms with Crippen molar-refractivity contribution in [2.75, 3.05) is 11.5 Å². The number of aryl methyl sites for hydroxylation is 1. The Morgan fingerprint density at radius 1 is 1.18 bits per heavy atom. The van der Waals surface area contributed by atoms with Gasteiger partial charge in [-0.15, -0.1) is 13.2 Å². The van der Waals surface area contributed by atoms with Gasteiger partial charge in [0.1, 0.15) is 11.4 Å². The maximum atomic E-state index is 12.9. The smallest absolute Gasteiger partial charge is 0.406 e. The first kappa shape index (κ1) is 23.6. The molecule has 34 heavy (non-hydrogen) atoms. The van der Waals surface area contributed by atoms with Crippen LogP contribution in [0, 0.1) is 0 Å². The molecule has 14 heteroatoms. The average Bonchev–Trinajstić information content (AvgIpc) is 3.28. The van der Waals surface area contributed by atoms with E-state index in [2.05, 4.69) is 25.1 Å². The number of nitrogens with one attached hydrogen (secondary N) is 1. The van der Waals surface area contributed by atoms with Crippen LogP contribution >= 0.6 is 0 Å². The van der Waals surface area contributed by atoms with Crippen molar-refractivity contribution in [2.24, 2.45) is 7.05 Å². The van der Waals surface area contributed by atoms with E-state index in [1.54, 1.807) is 13.2 Å². The summed E-state index contributed by atoms with van der Waals surface area (Å²) < 4.78 is 66.2. The van der Waals surface area contributed by atoms with Crippen LogP contribution in [0.2, 0.25) is 0 Å². The number of aromatic nitrogens is 4. The maximum absolute atomic E-state index is 12.9. The van der Waals surface area contributed by atoms with Gasteiger partial charge in [-0.2, -0.15) is 5.10 Å². The van der Waals surface area contributed by atoms with Crippen LogP contribution < -0.4 is 10.1 Å². The minimum Gasteiger partial charge on any atom is -0.406 e. The molecular formula is C20H18F3N5O5S. The van der Waals surface area contributed by atoms with E-state index in [1.807, 2.05) is 0 Å². The van der Waals surface area contributed by atoms with Gasteiger partial charge >= 0.3 is 6.36 Å². The zero-order valence-electron chi connectivity index (χ0n) is 17.5. The molecule has 3 aromatic rings. The summed E-state index contributed by atoms with van der Waals surface area (Å²) in [7, 11) is -1.82. The Kier molecular flexibility index (Phi) is 6.03. The molecule has 180 valence electrons. The molecule has 2 aromatic heterocycles. The molecule has 0 saturated carbocycles. The number of benzene rings is 1. The summed E-state index contributed by atoms with van der Waals surface area (Å²) in [4.78, 5) is 21.5. The first-order valence-corrected chi connectivity index (χ1v) is 11.6. The van der Waals surface area contributed by atoms with E-state index >= 15 is 0 Å². The highest BCUT2D eigenvalue weighted by molar-refractivity contribution is 7.91. The molecule has 0 unspecified atom stereocenters. The fraction of sp³-hybridized carbons (Fsp3) is 0.300. The lowest BCUT2D eigenvalue weighted by molar-refractivity contribution is -0.274. The average molecular weight is 497 g/mol. The highest BCUT2D eigenvalue weighted by Crippen LogP contribution is 2.27. The monoisotopic (exact) mass is 497 g/mol. The second-order valence-corrected chi connectivity index (χ2v) is 9.81. The minimum atomic E-state index is -4.84. The third-order valence-electron chi connectivity index (χ3n) is 4.94. The van der Waals surface area contributed by atoms with Crippen molar-refractivity contribution in [3.8, 4) is 28.4 Å². The predicted octanol–water partition coefficient (Wildman–Crippen LogP) is 1.33. The van der Waals surface area contributed by atoms with Gasteiger partial charge in [-0.3, -0.25) is 9.48 Å². The number of nitrogens with zero attached hydrogens (tertiary/aromatic N) is 4. The number of sulfone groups is 1. The van der Waals surface area contributed by atoms with Gasteiger partial charge in [-0.25, -0.2) is 18.4 Å². The Labute approximate surface area is 191 Å². The molecule has 1 aliphatic heterocycles. The second kappa shape index (κ2) is 8.68. The van der Waals surface area contributed by atoms with Crippen LogP contribution in [0.15, 0.2) is 42.7 Å². The number of hydrogen-bond donors (Lipinski definition) is 2. The fourth-order valence-corrected chi connectivity index (χ4v) is 5.16. The van der Waals surface area contributed by atoms with Gasteiger partial charge in [-0.1, -0.05) is 0 Å². The SMILES string of the molecule is Cn1cc(-c2nc(C(=O)N[C@@H]3CS(=O)(=O)C[C@H]3O)cc(-c3ccc(OC(F)(F)F)cc3)n2)cn1. The summed E-state index contributed by atoms with van der Waals surface area (Å²) in [5, 5.41) is 16.5. The molecule has 0 radical (unpaired) electrons. The van der Waals surface area contributed by atoms with Crippen molar-refractivity contribution < 1.29 is 36.2 Å². The van der Waals surface area contributed by atoms with E-state index < -0.39 is 51.5 Å². The zero-order valence-corrected chi connectivity index (χ0v) is 18.3. The minimum absolute atomic E-state index is 0.117. The maximum Gasteiger partial charge on any atom is 0.573 e. The molecule has 4 rings (SSSR count). The lowest BCUT2D eigenvalue weighted by atomic mass is 10.1. The molecule has 10 nitrogen and oxygen atoms in total. The Hall–Kier alpha value is -3.52. The van der Waals surface area contributed by atoms with Crippen LogP contribution in [0.5, 0.6) is 5.75 Å². The van der Waals surface area contributed by atoms with Crippen molar-refractivity contribution in [2.45, 2.75) is 18.5 Å². The first-order chi connectivity index (χ1) is 15.9. The number of ether oxygens (including phenoxy) is 1. The topological polar surface area (TPSA) is 136 Å². The summed E-state index contributed by atoms with van der Waals surface area (Å²) in [6.45, 7) is 0. The molecule has 1 aromatic carbocycles. The van der Waals surface area contributed by atoms with Crippen molar-refractivity contribution >= 4 is 15.7 Å². The number of hydrogen-bond acceptors (Lipinski definition) is 8. The molecule has 1 saturated heterocycles. The van der Waals surface area contributed by atoms with Crippen LogP contribution in [0.4, 0.5) is 13.2 Å². The molecule has 2 atom stereocenters. The molecule has 1 fully saturated rings. The number of alkyl halides is 3. The lowest BCUT2D eigenvalue weighted by Crippen LogP contribution is -2.42. The van der Waals surface area contributed by atoms with Crippen LogP contribution in [0.3, 0.4) is 0 Å². The van der Waals surface area contributed by atoms with Crippen molar-refractivity contribution in [3.05, 3.63) is 48.4 Å². The van der Waals surface area contributed by atoms with E-state index in [1.165, 1.54) is 29.1 Å². The third-order valence-corrected chi connectivity index (χ3v) is 6.66. The Morgan fingerprint density at radius 2 is 1.88 bits per heavy atom. The Balaban J connectivity index is 1.68. The van der Waals surface area contributed by atoms with Crippen molar-refractivity contribution in [1.29, 1.82) is 0 Å². The zero-order chi connectivity index (χ0) is 24.7. The van der Waals surface area contributed by atoms with Crippen LogP contribution in [0.25, 0.3) is 22.6 Å². The van der Waals surface area contributed by atoms with E-state index in [9.17, 15) is 31.5 Å². The summed E-state index contributed by atoms with van der Waals surface area (Å²) >= 11 is 0. The highest BCUT2D eigenvalue weighted by Gasteiger charge is 2.37. The molecule has 3 heterocycles. The number of amides is 1. The molecule has 1 amide bonds. The molecule has 2 N–H and O–H groups in total. The van der Waals surface area contributed by atoms with Gasteiger partial charge < -0.3 is 15.2 Å². The van der Waals surface area contributed by atoms with Gasteiger partial charge in [0.05, 0.1) is 41.1 Å². The Bertz CT molecular complexity index is 1330. The van der Waals surface area contributed by atoms with E-state index in [4.69, 9.17) is 0 Å². The highest BCUT2D eigenvalue weighted by atomic mass is 32.2. The Morgan fingerprint density at radius 3 is 2.44 bits per heavy atom. The van der Waals surface area contributed by atoms with Crippen LogP contribution in [-0.4, -0.2) is 69.2 Å². The number of aliphatic hydroxyl groups is 1. The van der Waals surface area contributed by atoms with E-state index in [0.29, 0.717) is 11.1 Å². The van der Waals surface area contributed by atoms with Gasteiger partial charge in [0.15, 0.2) is 15.7 Å². The van der Waals surface area contributed by atoms with Crippen molar-refractivity contribution in [1.82, 2.24) is 25.1 Å². The third kappa shape index (κ3) is 5.51. The number of rotatable bonds is 5. The summed E-state index contributed by atoms with van der Waals surface area (Å²) in [6, 6.07) is 5.20. The van der Waals surface area contributed by atoms with E-state index in [-0.39, 0.29) is 17.2 Å². The molecule has 0 aliphatic carbocycles. The number of halogens is 3. The predicted molar refractivity (Wildman–Crippen MR) is 112 cm³/mol. The van der Waals surface area contributed by atoms with Gasteiger partial charge in [0, 0.05) is 18.8 Å². The largest absolute Gasteiger partial charge is 0.573 e. The van der Waals surface area contributed by atoms with Gasteiger partial charge in [-0.05, 0) is 30.3 Å². The van der Waals surface area contributed by atoms with Crippen LogP contribution in [0.1, 0.15) is 10.5 Å². The fourth-order valence-electron chi connectivity index (χ4n) is 3.41. The summed E-state index contributed by atoms with van der Waals surface area (Å²) in [6.07, 6.45) is -3.02. The first-order valence-electron chi connectivity index (χ1n) is 9.82. The lowest BCUT2D eigenvalue weighted by Gasteiger charge is -2.15. The summed E-state index contributed by atoms with van der Waals surface area (Å²) in [5.41, 5.74) is 0.937. The normalized spacial score (nSPS) is 19.7. The molecule has 1 aliphatic rings. The standard InChI is InChI=1S/C20H18F3N5O5S/c1-28-8-12(7-24-28)18-25-14(11-2-4-13(5-3-11)33-20(21,22)23)6-15(26-18)19(30)27-16-9-34(31,32)10-17(16)29/h2-8,16-17,29H,9-10H2,1H3,(H,27,30)/t16-,17-/m1/s1. The summed E-state index contributed by atoms with van der Waals surface area (Å²) in [5.74, 6) is -1.92. The van der Waals surface area contributed by atoms with Crippen LogP contribution in [-0.2, 0) is 16.9 Å². The number of carbonyl (C=O) groups is 1. The molecule has 0 bridgehead atoms. The number of carbonyl (C=O) groups excluding carboxylic acids is 1. The van der Waals surface area contributed by atoms with Gasteiger partial charge in [0.25, 0.3) is 5.91 Å². The molecule has 0 spiro atoms. The second-order valence-electron chi connectivity index (χ2n) is 7.66.